The smallest absolute Gasteiger partial charge is 0.276 e. The number of aryl methyl sites for hydroxylation is 2. The van der Waals surface area contributed by atoms with Gasteiger partial charge in [0, 0.05) is 23.9 Å². The Morgan fingerprint density at radius 2 is 2.33 bits per heavy atom. The van der Waals surface area contributed by atoms with E-state index >= 15 is 0 Å². The number of hydrogen-bond acceptors (Lipinski definition) is 7. The van der Waals surface area contributed by atoms with Gasteiger partial charge in [0.25, 0.3) is 5.91 Å². The van der Waals surface area contributed by atoms with Crippen LogP contribution in [0.15, 0.2) is 16.0 Å². The van der Waals surface area contributed by atoms with Gasteiger partial charge < -0.3 is 18.9 Å². The number of fused-ring (bicyclic) bond motifs is 1. The molecule has 128 valence electrons. The van der Waals surface area contributed by atoms with Crippen LogP contribution in [-0.2, 0) is 16.1 Å². The Balaban J connectivity index is 1.46. The first-order valence-corrected chi connectivity index (χ1v) is 8.84. The van der Waals surface area contributed by atoms with Crippen LogP contribution in [0.1, 0.15) is 27.0 Å². The van der Waals surface area contributed by atoms with Crippen LogP contribution in [0, 0.1) is 19.8 Å². The highest BCUT2D eigenvalue weighted by Crippen LogP contribution is 2.33. The second-order valence-corrected chi connectivity index (χ2v) is 7.32. The fourth-order valence-corrected chi connectivity index (χ4v) is 3.99. The lowest BCUT2D eigenvalue weighted by Gasteiger charge is -2.21. The van der Waals surface area contributed by atoms with Gasteiger partial charge in [-0.05, 0) is 13.8 Å². The highest BCUT2D eigenvalue weighted by Gasteiger charge is 2.48. The Hall–Kier alpha value is -1.77. The molecule has 2 aromatic rings. The Bertz CT molecular complexity index is 743. The summed E-state index contributed by atoms with van der Waals surface area (Å²) < 4.78 is 16.7. The second-order valence-electron chi connectivity index (χ2n) is 6.26. The minimum absolute atomic E-state index is 0.0386. The lowest BCUT2D eigenvalue weighted by Crippen LogP contribution is -2.38. The summed E-state index contributed by atoms with van der Waals surface area (Å²) in [6, 6.07) is 1.70. The van der Waals surface area contributed by atoms with Crippen LogP contribution in [0.5, 0.6) is 0 Å². The third-order valence-corrected chi connectivity index (χ3v) is 5.39. The van der Waals surface area contributed by atoms with Gasteiger partial charge in [-0.25, -0.2) is 4.98 Å². The minimum atomic E-state index is -0.122. The molecule has 0 aromatic carbocycles. The summed E-state index contributed by atoms with van der Waals surface area (Å²) in [4.78, 5) is 18.9. The number of carbonyl (C=O) groups excluding carboxylic acids is 1. The van der Waals surface area contributed by atoms with E-state index in [1.54, 1.807) is 24.3 Å². The van der Waals surface area contributed by atoms with E-state index in [-0.39, 0.29) is 24.0 Å². The molecule has 7 nitrogen and oxygen atoms in total. The first-order valence-electron chi connectivity index (χ1n) is 7.96. The number of carbonyl (C=O) groups is 1. The van der Waals surface area contributed by atoms with E-state index in [1.165, 1.54) is 0 Å². The standard InChI is InChI=1S/C16H19N3O4S/c1-9-3-13(18-23-9)16(20)19-4-15(12-6-21-7-14(12)19)22-5-11-8-24-10(2)17-11/h3,8,12,14-15H,4-7H2,1-2H3/t12-,14+,15-/m0/s1. The van der Waals surface area contributed by atoms with Crippen LogP contribution in [-0.4, -0.2) is 52.9 Å². The molecule has 0 aliphatic carbocycles. The van der Waals surface area contributed by atoms with Crippen molar-refractivity contribution in [1.82, 2.24) is 15.0 Å². The highest BCUT2D eigenvalue weighted by molar-refractivity contribution is 7.09. The summed E-state index contributed by atoms with van der Waals surface area (Å²) in [7, 11) is 0. The molecule has 0 saturated carbocycles. The molecule has 24 heavy (non-hydrogen) atoms. The maximum absolute atomic E-state index is 12.7. The molecule has 0 unspecified atom stereocenters. The van der Waals surface area contributed by atoms with Crippen molar-refractivity contribution in [1.29, 1.82) is 0 Å². The first-order chi connectivity index (χ1) is 11.6. The van der Waals surface area contributed by atoms with Crippen molar-refractivity contribution in [3.05, 3.63) is 33.6 Å². The van der Waals surface area contributed by atoms with Crippen molar-refractivity contribution in [2.75, 3.05) is 19.8 Å². The van der Waals surface area contributed by atoms with Gasteiger partial charge in [0.1, 0.15) is 5.76 Å². The van der Waals surface area contributed by atoms with Gasteiger partial charge in [0.05, 0.1) is 42.7 Å². The number of rotatable bonds is 4. The van der Waals surface area contributed by atoms with Crippen molar-refractivity contribution < 1.29 is 18.8 Å². The minimum Gasteiger partial charge on any atom is -0.379 e. The third-order valence-electron chi connectivity index (χ3n) is 4.57. The van der Waals surface area contributed by atoms with Crippen LogP contribution in [0.4, 0.5) is 0 Å². The van der Waals surface area contributed by atoms with E-state index in [2.05, 4.69) is 10.1 Å². The van der Waals surface area contributed by atoms with Crippen LogP contribution < -0.4 is 0 Å². The lowest BCUT2D eigenvalue weighted by molar-refractivity contribution is 0.00808. The molecule has 4 heterocycles. The number of ether oxygens (including phenoxy) is 2. The SMILES string of the molecule is Cc1cc(C(=O)N2C[C@H](OCc3csc(C)n3)[C@H]3COC[C@H]32)no1. The normalized spacial score (nSPS) is 26.1. The zero-order valence-corrected chi connectivity index (χ0v) is 14.4. The molecule has 1 amide bonds. The quantitative estimate of drug-likeness (QED) is 0.838. The van der Waals surface area contributed by atoms with Gasteiger partial charge in [-0.1, -0.05) is 5.16 Å². The van der Waals surface area contributed by atoms with E-state index in [9.17, 15) is 4.79 Å². The monoisotopic (exact) mass is 349 g/mol. The van der Waals surface area contributed by atoms with E-state index in [4.69, 9.17) is 14.0 Å². The molecule has 0 N–H and O–H groups in total. The van der Waals surface area contributed by atoms with E-state index < -0.39 is 0 Å². The molecule has 2 aliphatic rings. The molecule has 2 aliphatic heterocycles. The first kappa shape index (κ1) is 15.7. The summed E-state index contributed by atoms with van der Waals surface area (Å²) in [5.74, 6) is 0.702. The van der Waals surface area contributed by atoms with E-state index in [1.807, 2.05) is 17.2 Å². The third kappa shape index (κ3) is 2.85. The summed E-state index contributed by atoms with van der Waals surface area (Å²) in [5, 5.41) is 6.88. The summed E-state index contributed by atoms with van der Waals surface area (Å²) in [5.41, 5.74) is 1.28. The maximum atomic E-state index is 12.7. The van der Waals surface area contributed by atoms with Gasteiger partial charge in [0.2, 0.25) is 0 Å². The fraction of sp³-hybridized carbons (Fsp3) is 0.562. The highest BCUT2D eigenvalue weighted by atomic mass is 32.1. The summed E-state index contributed by atoms with van der Waals surface area (Å²) >= 11 is 1.61. The number of hydrogen-bond donors (Lipinski definition) is 0. The fourth-order valence-electron chi connectivity index (χ4n) is 3.39. The Kier molecular flexibility index (Phi) is 4.11. The van der Waals surface area contributed by atoms with Crippen molar-refractivity contribution >= 4 is 17.2 Å². The van der Waals surface area contributed by atoms with Gasteiger partial charge >= 0.3 is 0 Å². The molecule has 3 atom stereocenters. The van der Waals surface area contributed by atoms with Crippen LogP contribution in [0.3, 0.4) is 0 Å². The molecule has 8 heteroatoms. The molecule has 0 spiro atoms. The van der Waals surface area contributed by atoms with Gasteiger partial charge in [0.15, 0.2) is 5.69 Å². The molecule has 0 radical (unpaired) electrons. The predicted molar refractivity (Wildman–Crippen MR) is 85.8 cm³/mol. The molecule has 2 aromatic heterocycles. The number of aromatic nitrogens is 2. The zero-order chi connectivity index (χ0) is 16.7. The molecule has 2 saturated heterocycles. The van der Waals surface area contributed by atoms with Crippen LogP contribution in [0.2, 0.25) is 0 Å². The topological polar surface area (TPSA) is 77.7 Å². The van der Waals surface area contributed by atoms with E-state index in [0.29, 0.717) is 37.8 Å². The van der Waals surface area contributed by atoms with Crippen molar-refractivity contribution in [3.63, 3.8) is 0 Å². The average Bonchev–Trinajstić information content (AvgIpc) is 3.29. The Morgan fingerprint density at radius 3 is 3.04 bits per heavy atom. The summed E-state index contributed by atoms with van der Waals surface area (Å²) in [6.07, 6.45) is -0.0449. The van der Waals surface area contributed by atoms with Crippen LogP contribution in [0.25, 0.3) is 0 Å². The number of likely N-dealkylation sites (tertiary alicyclic amines) is 1. The molecular weight excluding hydrogens is 330 g/mol. The van der Waals surface area contributed by atoms with Gasteiger partial charge in [-0.3, -0.25) is 4.79 Å². The number of amides is 1. The average molecular weight is 349 g/mol. The zero-order valence-electron chi connectivity index (χ0n) is 13.6. The van der Waals surface area contributed by atoms with Crippen molar-refractivity contribution in [2.24, 2.45) is 5.92 Å². The van der Waals surface area contributed by atoms with E-state index in [0.717, 1.165) is 10.7 Å². The summed E-state index contributed by atoms with van der Waals surface area (Å²) in [6.45, 7) is 5.92. The molecular formula is C16H19N3O4S. The number of nitrogens with zero attached hydrogens (tertiary/aromatic N) is 3. The van der Waals surface area contributed by atoms with Gasteiger partial charge in [-0.2, -0.15) is 0 Å². The number of thiazole rings is 1. The van der Waals surface area contributed by atoms with Gasteiger partial charge in [-0.15, -0.1) is 11.3 Å². The van der Waals surface area contributed by atoms with Crippen molar-refractivity contribution in [2.45, 2.75) is 32.6 Å². The molecule has 4 rings (SSSR count). The predicted octanol–water partition coefficient (Wildman–Crippen LogP) is 1.80. The van der Waals surface area contributed by atoms with Crippen LogP contribution >= 0.6 is 11.3 Å². The second kappa shape index (κ2) is 6.27. The largest absolute Gasteiger partial charge is 0.379 e. The Labute approximate surface area is 143 Å². The molecule has 2 fully saturated rings. The molecule has 0 bridgehead atoms. The van der Waals surface area contributed by atoms with Crippen molar-refractivity contribution in [3.8, 4) is 0 Å². The lowest BCUT2D eigenvalue weighted by atomic mass is 10.0. The maximum Gasteiger partial charge on any atom is 0.276 e. The Morgan fingerprint density at radius 1 is 1.46 bits per heavy atom.